The van der Waals surface area contributed by atoms with Crippen LogP contribution in [0.3, 0.4) is 0 Å². The summed E-state index contributed by atoms with van der Waals surface area (Å²) in [5.41, 5.74) is 3.91. The normalized spacial score (nSPS) is 12.5. The van der Waals surface area contributed by atoms with Crippen LogP contribution in [0.1, 0.15) is 22.3 Å². The lowest BCUT2D eigenvalue weighted by molar-refractivity contribution is -0.133. The van der Waals surface area contributed by atoms with Crippen molar-refractivity contribution in [3.05, 3.63) is 144 Å². The minimum absolute atomic E-state index is 0.243. The largest absolute Gasteiger partial charge is 0.390 e. The van der Waals surface area contributed by atoms with E-state index < -0.39 is 24.0 Å². The fourth-order valence-electron chi connectivity index (χ4n) is 4.53. The van der Waals surface area contributed by atoms with Gasteiger partial charge in [-0.05, 0) is 35.1 Å². The molecule has 3 N–H and O–H groups in total. The Bertz CT molecular complexity index is 1220. The van der Waals surface area contributed by atoms with Crippen molar-refractivity contribution in [3.63, 3.8) is 0 Å². The number of aliphatic hydroxyl groups is 1. The molecule has 0 aliphatic heterocycles. The van der Waals surface area contributed by atoms with Crippen LogP contribution in [0.2, 0.25) is 0 Å². The summed E-state index contributed by atoms with van der Waals surface area (Å²) in [6.07, 6.45) is 0.196. The highest BCUT2D eigenvalue weighted by Gasteiger charge is 2.31. The summed E-state index contributed by atoms with van der Waals surface area (Å²) in [6, 6.07) is 37.7. The van der Waals surface area contributed by atoms with Gasteiger partial charge in [-0.1, -0.05) is 121 Å². The molecular weight excluding hydrogens is 472 g/mol. The molecule has 4 aromatic rings. The first-order valence-electron chi connectivity index (χ1n) is 13.0. The van der Waals surface area contributed by atoms with E-state index in [1.165, 1.54) is 0 Å². The summed E-state index contributed by atoms with van der Waals surface area (Å²) in [6.45, 7) is 0.307. The first kappa shape index (κ1) is 26.8. The summed E-state index contributed by atoms with van der Waals surface area (Å²) in [4.78, 5) is 27.0. The van der Waals surface area contributed by atoms with Gasteiger partial charge in [0.2, 0.25) is 11.8 Å². The molecule has 0 bridgehead atoms. The zero-order valence-corrected chi connectivity index (χ0v) is 21.4. The van der Waals surface area contributed by atoms with Crippen LogP contribution < -0.4 is 10.6 Å². The third-order valence-electron chi connectivity index (χ3n) is 6.58. The fraction of sp³-hybridized carbons (Fsp3) is 0.212. The van der Waals surface area contributed by atoms with Crippen molar-refractivity contribution in [1.82, 2.24) is 10.6 Å². The summed E-state index contributed by atoms with van der Waals surface area (Å²) in [7, 11) is 0. The standard InChI is InChI=1S/C33H34N2O3/c36-30(23-27-17-9-3-10-18-27)31(33(38)34-24-28-19-11-4-12-20-28)35-32(37)29(21-25-13-5-1-6-14-25)22-26-15-7-2-8-16-26/h1-20,29-31,36H,21-24H2,(H,34,38)(H,35,37)/t30-,31+/m0/s1. The molecule has 0 spiro atoms. The van der Waals surface area contributed by atoms with Crippen LogP contribution in [-0.2, 0) is 35.4 Å². The molecule has 2 atom stereocenters. The van der Waals surface area contributed by atoms with Gasteiger partial charge in [-0.25, -0.2) is 0 Å². The average Bonchev–Trinajstić information content (AvgIpc) is 2.96. The van der Waals surface area contributed by atoms with E-state index in [2.05, 4.69) is 10.6 Å². The zero-order valence-electron chi connectivity index (χ0n) is 21.4. The highest BCUT2D eigenvalue weighted by Crippen LogP contribution is 2.17. The molecule has 4 aromatic carbocycles. The Morgan fingerprint density at radius 1 is 0.553 bits per heavy atom. The maximum atomic E-state index is 13.7. The molecule has 4 rings (SSSR count). The van der Waals surface area contributed by atoms with Gasteiger partial charge in [0.25, 0.3) is 0 Å². The third kappa shape index (κ3) is 8.15. The van der Waals surface area contributed by atoms with Crippen LogP contribution in [-0.4, -0.2) is 29.1 Å². The van der Waals surface area contributed by atoms with Gasteiger partial charge in [0, 0.05) is 18.9 Å². The van der Waals surface area contributed by atoms with E-state index in [1.807, 2.05) is 121 Å². The second kappa shape index (κ2) is 13.9. The Labute approximate surface area is 224 Å². The van der Waals surface area contributed by atoms with E-state index in [0.717, 1.165) is 22.3 Å². The maximum absolute atomic E-state index is 13.7. The number of carbonyl (C=O) groups excluding carboxylic acids is 2. The van der Waals surface area contributed by atoms with Crippen LogP contribution in [0.5, 0.6) is 0 Å². The van der Waals surface area contributed by atoms with Crippen molar-refractivity contribution in [2.45, 2.75) is 38.0 Å². The molecule has 0 fully saturated rings. The first-order valence-corrected chi connectivity index (χ1v) is 13.0. The summed E-state index contributed by atoms with van der Waals surface area (Å²) >= 11 is 0. The smallest absolute Gasteiger partial charge is 0.245 e. The van der Waals surface area contributed by atoms with E-state index in [-0.39, 0.29) is 12.3 Å². The van der Waals surface area contributed by atoms with Crippen LogP contribution >= 0.6 is 0 Å². The molecule has 0 aliphatic carbocycles. The van der Waals surface area contributed by atoms with Crippen LogP contribution in [0.25, 0.3) is 0 Å². The molecule has 0 aliphatic rings. The van der Waals surface area contributed by atoms with Gasteiger partial charge in [-0.2, -0.15) is 0 Å². The Hall–Kier alpha value is -4.22. The maximum Gasteiger partial charge on any atom is 0.245 e. The van der Waals surface area contributed by atoms with E-state index in [0.29, 0.717) is 19.4 Å². The summed E-state index contributed by atoms with van der Waals surface area (Å²) < 4.78 is 0. The molecule has 0 aromatic heterocycles. The predicted molar refractivity (Wildman–Crippen MR) is 150 cm³/mol. The van der Waals surface area contributed by atoms with Gasteiger partial charge in [0.1, 0.15) is 6.04 Å². The van der Waals surface area contributed by atoms with Crippen molar-refractivity contribution >= 4 is 11.8 Å². The topological polar surface area (TPSA) is 78.4 Å². The lowest BCUT2D eigenvalue weighted by Gasteiger charge is -2.26. The van der Waals surface area contributed by atoms with Crippen molar-refractivity contribution < 1.29 is 14.7 Å². The highest BCUT2D eigenvalue weighted by molar-refractivity contribution is 5.89. The van der Waals surface area contributed by atoms with Crippen molar-refractivity contribution in [3.8, 4) is 0 Å². The molecule has 38 heavy (non-hydrogen) atoms. The monoisotopic (exact) mass is 506 g/mol. The predicted octanol–water partition coefficient (Wildman–Crippen LogP) is 4.49. The molecule has 0 unspecified atom stereocenters. The third-order valence-corrected chi connectivity index (χ3v) is 6.58. The molecule has 0 heterocycles. The Balaban J connectivity index is 1.53. The lowest BCUT2D eigenvalue weighted by Crippen LogP contribution is -2.55. The zero-order chi connectivity index (χ0) is 26.6. The number of nitrogens with one attached hydrogen (secondary N) is 2. The summed E-state index contributed by atoms with van der Waals surface area (Å²) in [5, 5.41) is 17.0. The number of rotatable bonds is 12. The Morgan fingerprint density at radius 3 is 1.39 bits per heavy atom. The molecule has 2 amide bonds. The van der Waals surface area contributed by atoms with Gasteiger partial charge < -0.3 is 15.7 Å². The average molecular weight is 507 g/mol. The molecule has 5 heteroatoms. The minimum Gasteiger partial charge on any atom is -0.390 e. The molecule has 194 valence electrons. The SMILES string of the molecule is O=C(N[C@@H](C(=O)NCc1ccccc1)[C@@H](O)Cc1ccccc1)C(Cc1ccccc1)Cc1ccccc1. The second-order valence-electron chi connectivity index (χ2n) is 9.52. The highest BCUT2D eigenvalue weighted by atomic mass is 16.3. The van der Waals surface area contributed by atoms with Gasteiger partial charge in [-0.15, -0.1) is 0 Å². The Kier molecular flexibility index (Phi) is 9.82. The number of hydrogen-bond donors (Lipinski definition) is 3. The second-order valence-corrected chi connectivity index (χ2v) is 9.52. The van der Waals surface area contributed by atoms with E-state index in [4.69, 9.17) is 0 Å². The molecule has 0 saturated carbocycles. The quantitative estimate of drug-likeness (QED) is 0.265. The van der Waals surface area contributed by atoms with Crippen LogP contribution in [0, 0.1) is 5.92 Å². The fourth-order valence-corrected chi connectivity index (χ4v) is 4.53. The number of carbonyl (C=O) groups is 2. The minimum atomic E-state index is -1.10. The number of amides is 2. The van der Waals surface area contributed by atoms with Crippen molar-refractivity contribution in [2.24, 2.45) is 5.92 Å². The van der Waals surface area contributed by atoms with Gasteiger partial charge in [0.05, 0.1) is 6.10 Å². The first-order chi connectivity index (χ1) is 18.6. The summed E-state index contributed by atoms with van der Waals surface area (Å²) in [5.74, 6) is -1.08. The number of hydrogen-bond acceptors (Lipinski definition) is 3. The molecule has 0 radical (unpaired) electrons. The van der Waals surface area contributed by atoms with E-state index >= 15 is 0 Å². The Morgan fingerprint density at radius 2 is 0.947 bits per heavy atom. The molecular formula is C33H34N2O3. The van der Waals surface area contributed by atoms with Crippen LogP contribution in [0.4, 0.5) is 0 Å². The lowest BCUT2D eigenvalue weighted by atomic mass is 9.91. The van der Waals surface area contributed by atoms with E-state index in [1.54, 1.807) is 0 Å². The van der Waals surface area contributed by atoms with E-state index in [9.17, 15) is 14.7 Å². The van der Waals surface area contributed by atoms with Gasteiger partial charge in [-0.3, -0.25) is 9.59 Å². The number of aliphatic hydroxyl groups excluding tert-OH is 1. The number of benzene rings is 4. The molecule has 0 saturated heterocycles. The van der Waals surface area contributed by atoms with Gasteiger partial charge in [0.15, 0.2) is 0 Å². The molecule has 5 nitrogen and oxygen atoms in total. The van der Waals surface area contributed by atoms with Gasteiger partial charge >= 0.3 is 0 Å². The van der Waals surface area contributed by atoms with Crippen LogP contribution in [0.15, 0.2) is 121 Å². The van der Waals surface area contributed by atoms with Crippen molar-refractivity contribution in [2.75, 3.05) is 0 Å². The van der Waals surface area contributed by atoms with Crippen molar-refractivity contribution in [1.29, 1.82) is 0 Å².